The van der Waals surface area contributed by atoms with Gasteiger partial charge in [-0.05, 0) is 33.8 Å². The first-order valence-electron chi connectivity index (χ1n) is 7.18. The molecule has 2 aromatic carbocycles. The van der Waals surface area contributed by atoms with Crippen molar-refractivity contribution in [2.24, 2.45) is 0 Å². The highest BCUT2D eigenvalue weighted by Gasteiger charge is 2.08. The standard InChI is InChI=1S/C18H22S2/c1-3-19-13-15-9-5-7-11-17(15)18-12-8-6-10-16(18)14-20-4-2/h5-12H,3-4,13-14H2,1-2H3. The van der Waals surface area contributed by atoms with Crippen LogP contribution in [-0.4, -0.2) is 11.5 Å². The molecule has 106 valence electrons. The Morgan fingerprint density at radius 1 is 0.650 bits per heavy atom. The van der Waals surface area contributed by atoms with Crippen molar-refractivity contribution in [1.82, 2.24) is 0 Å². The highest BCUT2D eigenvalue weighted by Crippen LogP contribution is 2.31. The first-order valence-corrected chi connectivity index (χ1v) is 9.49. The van der Waals surface area contributed by atoms with E-state index in [9.17, 15) is 0 Å². The molecular formula is C18H22S2. The quantitative estimate of drug-likeness (QED) is 0.628. The maximum absolute atomic E-state index is 2.27. The molecule has 2 aromatic rings. The van der Waals surface area contributed by atoms with E-state index in [-0.39, 0.29) is 0 Å². The fraction of sp³-hybridized carbons (Fsp3) is 0.333. The molecule has 0 saturated heterocycles. The van der Waals surface area contributed by atoms with Gasteiger partial charge < -0.3 is 0 Å². The van der Waals surface area contributed by atoms with Gasteiger partial charge in [0.2, 0.25) is 0 Å². The van der Waals surface area contributed by atoms with Crippen molar-refractivity contribution >= 4 is 23.5 Å². The Labute approximate surface area is 131 Å². The predicted octanol–water partition coefficient (Wildman–Crippen LogP) is 5.86. The first kappa shape index (κ1) is 15.5. The van der Waals surface area contributed by atoms with Crippen molar-refractivity contribution in [3.63, 3.8) is 0 Å². The summed E-state index contributed by atoms with van der Waals surface area (Å²) < 4.78 is 0. The average molecular weight is 303 g/mol. The minimum atomic E-state index is 1.10. The van der Waals surface area contributed by atoms with Gasteiger partial charge in [0.05, 0.1) is 0 Å². The van der Waals surface area contributed by atoms with Crippen LogP contribution in [0.2, 0.25) is 0 Å². The summed E-state index contributed by atoms with van der Waals surface area (Å²) in [6.07, 6.45) is 0. The summed E-state index contributed by atoms with van der Waals surface area (Å²) in [5, 5.41) is 0. The van der Waals surface area contributed by atoms with Gasteiger partial charge in [0.15, 0.2) is 0 Å². The molecule has 0 aliphatic heterocycles. The van der Waals surface area contributed by atoms with Crippen LogP contribution in [0.4, 0.5) is 0 Å². The normalized spacial score (nSPS) is 10.7. The molecule has 0 saturated carbocycles. The number of hydrogen-bond donors (Lipinski definition) is 0. The van der Waals surface area contributed by atoms with E-state index < -0.39 is 0 Å². The van der Waals surface area contributed by atoms with E-state index in [1.807, 2.05) is 23.5 Å². The lowest BCUT2D eigenvalue weighted by atomic mass is 9.97. The molecule has 2 rings (SSSR count). The molecule has 2 heteroatoms. The van der Waals surface area contributed by atoms with Crippen molar-refractivity contribution in [3.05, 3.63) is 59.7 Å². The Kier molecular flexibility index (Phi) is 6.55. The van der Waals surface area contributed by atoms with E-state index in [0.717, 1.165) is 11.5 Å². The Morgan fingerprint density at radius 3 is 1.45 bits per heavy atom. The zero-order chi connectivity index (χ0) is 14.2. The molecule has 0 radical (unpaired) electrons. The van der Waals surface area contributed by atoms with Gasteiger partial charge in [-0.1, -0.05) is 62.4 Å². The Morgan fingerprint density at radius 2 is 1.05 bits per heavy atom. The predicted molar refractivity (Wildman–Crippen MR) is 95.6 cm³/mol. The molecule has 0 fully saturated rings. The van der Waals surface area contributed by atoms with Gasteiger partial charge in [0.25, 0.3) is 0 Å². The molecule has 0 heterocycles. The van der Waals surface area contributed by atoms with E-state index in [0.29, 0.717) is 0 Å². The van der Waals surface area contributed by atoms with E-state index >= 15 is 0 Å². The topological polar surface area (TPSA) is 0 Å². The molecule has 0 bridgehead atoms. The minimum Gasteiger partial charge on any atom is -0.157 e. The van der Waals surface area contributed by atoms with E-state index in [1.54, 1.807) is 0 Å². The molecule has 20 heavy (non-hydrogen) atoms. The fourth-order valence-electron chi connectivity index (χ4n) is 2.24. The number of rotatable bonds is 7. The van der Waals surface area contributed by atoms with Gasteiger partial charge in [-0.3, -0.25) is 0 Å². The monoisotopic (exact) mass is 302 g/mol. The first-order chi connectivity index (χ1) is 9.86. The van der Waals surface area contributed by atoms with Crippen LogP contribution in [0, 0.1) is 0 Å². The van der Waals surface area contributed by atoms with Crippen LogP contribution in [0.25, 0.3) is 11.1 Å². The number of benzene rings is 2. The summed E-state index contributed by atoms with van der Waals surface area (Å²) in [7, 11) is 0. The van der Waals surface area contributed by atoms with Crippen LogP contribution in [0.15, 0.2) is 48.5 Å². The zero-order valence-electron chi connectivity index (χ0n) is 12.3. The van der Waals surface area contributed by atoms with Gasteiger partial charge in [-0.2, -0.15) is 23.5 Å². The van der Waals surface area contributed by atoms with Crippen molar-refractivity contribution < 1.29 is 0 Å². The van der Waals surface area contributed by atoms with Crippen LogP contribution < -0.4 is 0 Å². The highest BCUT2D eigenvalue weighted by atomic mass is 32.2. The van der Waals surface area contributed by atoms with Crippen LogP contribution in [-0.2, 0) is 11.5 Å². The fourth-order valence-corrected chi connectivity index (χ4v) is 3.59. The van der Waals surface area contributed by atoms with E-state index in [4.69, 9.17) is 0 Å². The third kappa shape index (κ3) is 4.07. The second kappa shape index (κ2) is 8.43. The molecule has 0 aromatic heterocycles. The van der Waals surface area contributed by atoms with Crippen molar-refractivity contribution in [2.45, 2.75) is 25.4 Å². The van der Waals surface area contributed by atoms with Crippen LogP contribution in [0.3, 0.4) is 0 Å². The third-order valence-corrected chi connectivity index (χ3v) is 5.10. The molecular weight excluding hydrogens is 280 g/mol. The summed E-state index contributed by atoms with van der Waals surface area (Å²) in [5.74, 6) is 4.53. The Hall–Kier alpha value is -0.860. The zero-order valence-corrected chi connectivity index (χ0v) is 13.9. The number of hydrogen-bond acceptors (Lipinski definition) is 2. The van der Waals surface area contributed by atoms with Crippen LogP contribution in [0.1, 0.15) is 25.0 Å². The van der Waals surface area contributed by atoms with Gasteiger partial charge in [-0.25, -0.2) is 0 Å². The molecule has 0 aliphatic rings. The lowest BCUT2D eigenvalue weighted by Crippen LogP contribution is -1.92. The molecule has 0 nitrogen and oxygen atoms in total. The molecule has 0 spiro atoms. The summed E-state index contributed by atoms with van der Waals surface area (Å²) in [5.41, 5.74) is 5.71. The lowest BCUT2D eigenvalue weighted by Gasteiger charge is -2.13. The van der Waals surface area contributed by atoms with Gasteiger partial charge in [0.1, 0.15) is 0 Å². The second-order valence-corrected chi connectivity index (χ2v) is 7.14. The van der Waals surface area contributed by atoms with Gasteiger partial charge >= 0.3 is 0 Å². The minimum absolute atomic E-state index is 1.10. The highest BCUT2D eigenvalue weighted by molar-refractivity contribution is 7.98. The lowest BCUT2D eigenvalue weighted by molar-refractivity contribution is 1.35. The third-order valence-electron chi connectivity index (χ3n) is 3.25. The SMILES string of the molecule is CCSCc1ccccc1-c1ccccc1CSCC. The smallest absolute Gasteiger partial charge is 0.0190 e. The van der Waals surface area contributed by atoms with Gasteiger partial charge in [-0.15, -0.1) is 0 Å². The van der Waals surface area contributed by atoms with Crippen molar-refractivity contribution in [3.8, 4) is 11.1 Å². The molecule has 0 unspecified atom stereocenters. The summed E-state index contributed by atoms with van der Waals surface area (Å²) in [4.78, 5) is 0. The maximum Gasteiger partial charge on any atom is 0.0190 e. The largest absolute Gasteiger partial charge is 0.157 e. The summed E-state index contributed by atoms with van der Waals surface area (Å²) in [6.45, 7) is 4.44. The Bertz CT molecular complexity index is 485. The van der Waals surface area contributed by atoms with Crippen molar-refractivity contribution in [1.29, 1.82) is 0 Å². The van der Waals surface area contributed by atoms with Crippen LogP contribution in [0.5, 0.6) is 0 Å². The number of thioether (sulfide) groups is 2. The molecule has 0 N–H and O–H groups in total. The van der Waals surface area contributed by atoms with E-state index in [2.05, 4.69) is 62.4 Å². The average Bonchev–Trinajstić information content (AvgIpc) is 2.51. The Balaban J connectivity index is 2.35. The summed E-state index contributed by atoms with van der Waals surface area (Å²) >= 11 is 3.98. The van der Waals surface area contributed by atoms with Crippen LogP contribution >= 0.6 is 23.5 Å². The second-order valence-electron chi connectivity index (χ2n) is 4.59. The summed E-state index contributed by atoms with van der Waals surface area (Å²) in [6, 6.07) is 17.7. The molecule has 0 aliphatic carbocycles. The molecule has 0 atom stereocenters. The van der Waals surface area contributed by atoms with E-state index in [1.165, 1.54) is 33.8 Å². The maximum atomic E-state index is 2.27. The van der Waals surface area contributed by atoms with Gasteiger partial charge in [0, 0.05) is 11.5 Å². The molecule has 0 amide bonds. The van der Waals surface area contributed by atoms with Crippen molar-refractivity contribution in [2.75, 3.05) is 11.5 Å².